The summed E-state index contributed by atoms with van der Waals surface area (Å²) in [5.41, 5.74) is 1.86. The van der Waals surface area contributed by atoms with E-state index in [1.165, 1.54) is 5.56 Å². The predicted molar refractivity (Wildman–Crippen MR) is 56.8 cm³/mol. The second-order valence-corrected chi connectivity index (χ2v) is 3.65. The number of nitrogens with zero attached hydrogens (tertiary/aromatic N) is 1. The summed E-state index contributed by atoms with van der Waals surface area (Å²) in [5, 5.41) is 0. The lowest BCUT2D eigenvalue weighted by molar-refractivity contribution is 0.694. The first kappa shape index (κ1) is 9.00. The van der Waals surface area contributed by atoms with E-state index in [0.717, 1.165) is 5.69 Å². The molecule has 0 aliphatic carbocycles. The molecule has 1 N–H and O–H groups in total. The Morgan fingerprint density at radius 1 is 1.29 bits per heavy atom. The highest BCUT2D eigenvalue weighted by atomic mass is 14.9. The maximum atomic E-state index is 4.25. The number of hydrogen-bond acceptors (Lipinski definition) is 1. The van der Waals surface area contributed by atoms with Crippen LogP contribution in [-0.4, -0.2) is 9.97 Å². The summed E-state index contributed by atoms with van der Waals surface area (Å²) in [5.74, 6) is 0. The molecule has 2 aromatic rings. The van der Waals surface area contributed by atoms with E-state index in [1.54, 1.807) is 6.33 Å². The molecule has 14 heavy (non-hydrogen) atoms. The van der Waals surface area contributed by atoms with Crippen molar-refractivity contribution in [2.45, 2.75) is 12.3 Å². The van der Waals surface area contributed by atoms with Crippen molar-refractivity contribution in [2.75, 3.05) is 0 Å². The first-order valence-electron chi connectivity index (χ1n) is 4.61. The van der Waals surface area contributed by atoms with Gasteiger partial charge in [-0.2, -0.15) is 0 Å². The van der Waals surface area contributed by atoms with Gasteiger partial charge in [0.05, 0.1) is 12.0 Å². The van der Waals surface area contributed by atoms with E-state index in [4.69, 9.17) is 0 Å². The average Bonchev–Trinajstić information content (AvgIpc) is 2.72. The molecule has 71 valence electrons. The van der Waals surface area contributed by atoms with Crippen molar-refractivity contribution in [3.8, 4) is 0 Å². The molecule has 0 saturated carbocycles. The van der Waals surface area contributed by atoms with E-state index in [1.807, 2.05) is 24.4 Å². The highest BCUT2D eigenvalue weighted by molar-refractivity contribution is 5.34. The number of hydrogen-bond donors (Lipinski definition) is 1. The lowest BCUT2D eigenvalue weighted by atomic mass is 9.82. The molecule has 0 bridgehead atoms. The molecule has 0 aliphatic rings. The molecule has 2 heteroatoms. The highest BCUT2D eigenvalue weighted by Gasteiger charge is 2.24. The van der Waals surface area contributed by atoms with E-state index in [-0.39, 0.29) is 5.41 Å². The predicted octanol–water partition coefficient (Wildman–Crippen LogP) is 2.55. The topological polar surface area (TPSA) is 28.7 Å². The second kappa shape index (κ2) is 3.29. The Balaban J connectivity index is 2.43. The lowest BCUT2D eigenvalue weighted by Gasteiger charge is -2.22. The van der Waals surface area contributed by atoms with Crippen LogP contribution in [0.5, 0.6) is 0 Å². The lowest BCUT2D eigenvalue weighted by Crippen LogP contribution is -2.19. The van der Waals surface area contributed by atoms with Crippen LogP contribution in [0, 0.1) is 6.92 Å². The molecule has 0 fully saturated rings. The number of benzene rings is 1. The molecule has 2 nitrogen and oxygen atoms in total. The molecular formula is C12H13N2. The van der Waals surface area contributed by atoms with Gasteiger partial charge in [-0.25, -0.2) is 4.98 Å². The molecule has 0 aliphatic heterocycles. The van der Waals surface area contributed by atoms with Crippen LogP contribution in [0.1, 0.15) is 18.2 Å². The zero-order valence-corrected chi connectivity index (χ0v) is 8.20. The Morgan fingerprint density at radius 2 is 2.00 bits per heavy atom. The van der Waals surface area contributed by atoms with Crippen molar-refractivity contribution in [3.05, 3.63) is 61.0 Å². The second-order valence-electron chi connectivity index (χ2n) is 3.65. The minimum absolute atomic E-state index is 0.277. The van der Waals surface area contributed by atoms with E-state index in [0.29, 0.717) is 0 Å². The van der Waals surface area contributed by atoms with Crippen molar-refractivity contribution in [2.24, 2.45) is 0 Å². The summed E-state index contributed by atoms with van der Waals surface area (Å²) in [6.07, 6.45) is 3.57. The molecule has 0 spiro atoms. The van der Waals surface area contributed by atoms with Crippen LogP contribution in [0.25, 0.3) is 0 Å². The Kier molecular flexibility index (Phi) is 2.12. The minimum Gasteiger partial charge on any atom is -0.351 e. The van der Waals surface area contributed by atoms with Crippen LogP contribution in [-0.2, 0) is 5.41 Å². The molecular weight excluding hydrogens is 172 g/mol. The number of aromatic amines is 1. The SMILES string of the molecule is [CH2][C@](C)(c1ccccc1)c1c[nH]cn1. The summed E-state index contributed by atoms with van der Waals surface area (Å²) in [7, 11) is 0. The first-order valence-corrected chi connectivity index (χ1v) is 4.61. The number of H-pyrrole nitrogens is 1. The van der Waals surface area contributed by atoms with Crippen LogP contribution in [0.4, 0.5) is 0 Å². The fraction of sp³-hybridized carbons (Fsp3) is 0.167. The third-order valence-corrected chi connectivity index (χ3v) is 2.47. The number of aromatic nitrogens is 2. The van der Waals surface area contributed by atoms with Gasteiger partial charge in [0.15, 0.2) is 0 Å². The maximum Gasteiger partial charge on any atom is 0.0923 e. The first-order chi connectivity index (χ1) is 6.71. The summed E-state index contributed by atoms with van der Waals surface area (Å²) in [4.78, 5) is 7.20. The van der Waals surface area contributed by atoms with Gasteiger partial charge < -0.3 is 4.98 Å². The summed E-state index contributed by atoms with van der Waals surface area (Å²) >= 11 is 0. The number of nitrogens with one attached hydrogen (secondary N) is 1. The molecule has 2 rings (SSSR count). The molecule has 0 unspecified atom stereocenters. The Hall–Kier alpha value is -1.57. The van der Waals surface area contributed by atoms with E-state index in [2.05, 4.69) is 35.9 Å². The van der Waals surface area contributed by atoms with Crippen molar-refractivity contribution in [1.29, 1.82) is 0 Å². The maximum absolute atomic E-state index is 4.25. The van der Waals surface area contributed by atoms with Crippen LogP contribution in [0.15, 0.2) is 42.9 Å². The van der Waals surface area contributed by atoms with Crippen LogP contribution >= 0.6 is 0 Å². The van der Waals surface area contributed by atoms with Crippen LogP contribution < -0.4 is 0 Å². The van der Waals surface area contributed by atoms with Gasteiger partial charge in [-0.15, -0.1) is 0 Å². The third-order valence-electron chi connectivity index (χ3n) is 2.47. The highest BCUT2D eigenvalue weighted by Crippen LogP contribution is 2.28. The smallest absolute Gasteiger partial charge is 0.0923 e. The van der Waals surface area contributed by atoms with Gasteiger partial charge >= 0.3 is 0 Å². The summed E-state index contributed by atoms with van der Waals surface area (Å²) < 4.78 is 0. The Labute approximate surface area is 84.0 Å². The van der Waals surface area contributed by atoms with Crippen molar-refractivity contribution in [3.63, 3.8) is 0 Å². The van der Waals surface area contributed by atoms with Crippen molar-refractivity contribution >= 4 is 0 Å². The van der Waals surface area contributed by atoms with Gasteiger partial charge in [0.2, 0.25) is 0 Å². The van der Waals surface area contributed by atoms with E-state index >= 15 is 0 Å². The fourth-order valence-electron chi connectivity index (χ4n) is 1.52. The van der Waals surface area contributed by atoms with Crippen LogP contribution in [0.2, 0.25) is 0 Å². The number of rotatable bonds is 2. The zero-order valence-electron chi connectivity index (χ0n) is 8.20. The Bertz CT molecular complexity index is 388. The molecule has 1 heterocycles. The molecule has 0 amide bonds. The van der Waals surface area contributed by atoms with Gasteiger partial charge in [0, 0.05) is 11.6 Å². The van der Waals surface area contributed by atoms with Gasteiger partial charge in [0.1, 0.15) is 0 Å². The third kappa shape index (κ3) is 1.43. The molecule has 1 aromatic heterocycles. The minimum atomic E-state index is -0.277. The standard InChI is InChI=1S/C12H13N2/c1-12(2,11-8-13-9-14-11)10-6-4-3-5-7-10/h3-9H,1H2,2H3,(H,13,14)/t12-/m0/s1. The van der Waals surface area contributed by atoms with Gasteiger partial charge in [-0.3, -0.25) is 0 Å². The summed E-state index contributed by atoms with van der Waals surface area (Å²) in [6.45, 7) is 6.27. The fourth-order valence-corrected chi connectivity index (χ4v) is 1.52. The van der Waals surface area contributed by atoms with E-state index in [9.17, 15) is 0 Å². The van der Waals surface area contributed by atoms with Gasteiger partial charge in [0.25, 0.3) is 0 Å². The van der Waals surface area contributed by atoms with E-state index < -0.39 is 0 Å². The molecule has 1 atom stereocenters. The normalized spacial score (nSPS) is 11.6. The quantitative estimate of drug-likeness (QED) is 0.765. The molecule has 0 saturated heterocycles. The zero-order chi connectivity index (χ0) is 10.0. The Morgan fingerprint density at radius 3 is 2.57 bits per heavy atom. The monoisotopic (exact) mass is 185 g/mol. The van der Waals surface area contributed by atoms with Crippen molar-refractivity contribution in [1.82, 2.24) is 9.97 Å². The van der Waals surface area contributed by atoms with Crippen molar-refractivity contribution < 1.29 is 0 Å². The largest absolute Gasteiger partial charge is 0.351 e. The van der Waals surface area contributed by atoms with Crippen LogP contribution in [0.3, 0.4) is 0 Å². The number of imidazole rings is 1. The molecule has 1 radical (unpaired) electrons. The molecule has 1 aromatic carbocycles. The average molecular weight is 185 g/mol. The van der Waals surface area contributed by atoms with Gasteiger partial charge in [-0.1, -0.05) is 30.3 Å². The summed E-state index contributed by atoms with van der Waals surface area (Å²) in [6, 6.07) is 10.2. The van der Waals surface area contributed by atoms with Gasteiger partial charge in [-0.05, 0) is 19.4 Å².